The van der Waals surface area contributed by atoms with E-state index < -0.39 is 157 Å². The second-order valence-corrected chi connectivity index (χ2v) is 21.1. The minimum atomic E-state index is -1.81. The average Bonchev–Trinajstić information content (AvgIpc) is 3.47. The summed E-state index contributed by atoms with van der Waals surface area (Å²) in [6, 6.07) is -5.01. The number of carbonyl (C=O) groups is 12. The van der Waals surface area contributed by atoms with Crippen molar-refractivity contribution in [2.75, 3.05) is 19.6 Å². The van der Waals surface area contributed by atoms with Gasteiger partial charge in [0.1, 0.15) is 48.3 Å². The van der Waals surface area contributed by atoms with Crippen LogP contribution in [0.1, 0.15) is 118 Å². The Bertz CT molecular complexity index is 2370. The fraction of sp³-hybridized carbons (Fsp3) is 0.642. The largest absolute Gasteiger partial charge is 0.481 e. The number of nitrogens with one attached hydrogen (secondary N) is 9. The number of nitrogens with zero attached hydrogens (tertiary/aromatic N) is 1. The highest BCUT2D eigenvalue weighted by molar-refractivity contribution is 5.99. The number of carboxylic acids is 2. The van der Waals surface area contributed by atoms with Gasteiger partial charge in [0, 0.05) is 13.0 Å². The molecule has 22 N–H and O–H groups in total. The molecule has 10 amide bonds. The van der Waals surface area contributed by atoms with Crippen molar-refractivity contribution in [3.63, 3.8) is 0 Å². The Labute approximate surface area is 482 Å². The van der Waals surface area contributed by atoms with E-state index in [-0.39, 0.29) is 69.4 Å². The lowest BCUT2D eigenvalue weighted by Crippen LogP contribution is -2.62. The number of carbonyl (C=O) groups excluding carboxylic acids is 10. The normalized spacial score (nSPS) is 15.1. The van der Waals surface area contributed by atoms with Crippen molar-refractivity contribution in [2.45, 2.75) is 180 Å². The number of benzene rings is 1. The summed E-state index contributed by atoms with van der Waals surface area (Å²) in [7, 11) is 0. The molecule has 1 rings (SSSR count). The molecular weight excluding hydrogens is 1090 g/mol. The Morgan fingerprint density at radius 3 is 1.53 bits per heavy atom. The van der Waals surface area contributed by atoms with Crippen LogP contribution >= 0.6 is 0 Å². The molecule has 0 saturated heterocycles. The predicted octanol–water partition coefficient (Wildman–Crippen LogP) is -4.31. The number of hydrogen-bond donors (Lipinski definition) is 17. The minimum absolute atomic E-state index is 0.00786. The van der Waals surface area contributed by atoms with Crippen molar-refractivity contribution in [2.24, 2.45) is 51.4 Å². The average molecular weight is 1180 g/mol. The maximum Gasteiger partial charge on any atom is 0.326 e. The van der Waals surface area contributed by atoms with Crippen LogP contribution in [0.25, 0.3) is 0 Å². The first-order chi connectivity index (χ1) is 38.9. The molecule has 0 fully saturated rings. The molecule has 466 valence electrons. The number of guanidine groups is 1. The van der Waals surface area contributed by atoms with Crippen molar-refractivity contribution >= 4 is 77.0 Å². The summed E-state index contributed by atoms with van der Waals surface area (Å²) in [4.78, 5) is 163. The van der Waals surface area contributed by atoms with Gasteiger partial charge >= 0.3 is 11.9 Å². The molecule has 0 aliphatic heterocycles. The Hall–Kier alpha value is -7.99. The summed E-state index contributed by atoms with van der Waals surface area (Å²) in [5.41, 5.74) is 28.2. The van der Waals surface area contributed by atoms with Crippen LogP contribution in [-0.4, -0.2) is 172 Å². The monoisotopic (exact) mass is 1180 g/mol. The van der Waals surface area contributed by atoms with E-state index in [1.54, 1.807) is 71.9 Å². The molecule has 11 atom stereocenters. The Morgan fingerprint density at radius 1 is 0.554 bits per heavy atom. The molecule has 0 bridgehead atoms. The molecule has 0 aliphatic carbocycles. The van der Waals surface area contributed by atoms with Gasteiger partial charge in [0.05, 0.1) is 31.5 Å². The highest BCUT2D eigenvalue weighted by Crippen LogP contribution is 2.14. The van der Waals surface area contributed by atoms with Gasteiger partial charge in [0.25, 0.3) is 0 Å². The number of unbranched alkanes of at least 4 members (excludes halogenated alkanes) is 1. The third-order valence-electron chi connectivity index (χ3n) is 12.8. The van der Waals surface area contributed by atoms with E-state index in [1.165, 1.54) is 0 Å². The maximum absolute atomic E-state index is 14.4. The summed E-state index contributed by atoms with van der Waals surface area (Å²) < 4.78 is 0. The van der Waals surface area contributed by atoms with Gasteiger partial charge in [-0.05, 0) is 81.7 Å². The van der Waals surface area contributed by atoms with Crippen LogP contribution < -0.4 is 76.5 Å². The molecule has 83 heavy (non-hydrogen) atoms. The SMILES string of the molecule is CC[C@H](C)[C@H](NC(=O)[C@H](CC(C)C)NC(=O)[C@H](CCCCN)NC(=O)CNC(=O)[C@H](CCCN=C(N)N)NC(=O)[C@H](Cc1ccccc1)NC(=O)[C@@H](NC(=O)[C@H](CC(C)C)NC(=O)[C@H](CC(N)=O)NC(=O)[C@@H](N)CC(=O)O)[C@@H](C)O)C(=O)O. The lowest BCUT2D eigenvalue weighted by Gasteiger charge is -2.29. The number of aliphatic carboxylic acids is 2. The van der Waals surface area contributed by atoms with Gasteiger partial charge in [-0.15, -0.1) is 0 Å². The second kappa shape index (κ2) is 37.9. The smallest absolute Gasteiger partial charge is 0.326 e. The van der Waals surface area contributed by atoms with Crippen molar-refractivity contribution in [3.05, 3.63) is 35.9 Å². The van der Waals surface area contributed by atoms with E-state index in [0.29, 0.717) is 24.8 Å². The molecule has 0 radical (unpaired) electrons. The number of aliphatic hydroxyl groups excluding tert-OH is 1. The van der Waals surface area contributed by atoms with E-state index in [1.807, 2.05) is 0 Å². The van der Waals surface area contributed by atoms with Crippen LogP contribution in [-0.2, 0) is 64.0 Å². The lowest BCUT2D eigenvalue weighted by molar-refractivity contribution is -0.144. The molecule has 0 aliphatic rings. The number of amides is 10. The minimum Gasteiger partial charge on any atom is -0.481 e. The second-order valence-electron chi connectivity index (χ2n) is 21.1. The van der Waals surface area contributed by atoms with E-state index in [9.17, 15) is 67.7 Å². The summed E-state index contributed by atoms with van der Waals surface area (Å²) >= 11 is 0. The number of carboxylic acid groups (broad SMARTS) is 2. The highest BCUT2D eigenvalue weighted by atomic mass is 16.4. The summed E-state index contributed by atoms with van der Waals surface area (Å²) in [5.74, 6) is -13.4. The van der Waals surface area contributed by atoms with Gasteiger partial charge in [-0.1, -0.05) is 78.3 Å². The first-order valence-corrected chi connectivity index (χ1v) is 27.6. The third-order valence-corrected chi connectivity index (χ3v) is 12.8. The topological polar surface area (TPSA) is 516 Å². The van der Waals surface area contributed by atoms with Gasteiger partial charge in [-0.25, -0.2) is 4.79 Å². The summed E-state index contributed by atoms with van der Waals surface area (Å²) in [6.45, 7) is 11.1. The van der Waals surface area contributed by atoms with Crippen LogP contribution in [0.4, 0.5) is 0 Å². The van der Waals surface area contributed by atoms with Gasteiger partial charge in [0.2, 0.25) is 59.1 Å². The summed E-state index contributed by atoms with van der Waals surface area (Å²) in [5, 5.41) is 52.0. The van der Waals surface area contributed by atoms with Crippen LogP contribution in [0.15, 0.2) is 35.3 Å². The number of aliphatic hydroxyl groups is 1. The first-order valence-electron chi connectivity index (χ1n) is 27.6. The zero-order valence-corrected chi connectivity index (χ0v) is 48.4. The van der Waals surface area contributed by atoms with Crippen molar-refractivity contribution in [1.29, 1.82) is 0 Å². The van der Waals surface area contributed by atoms with Gasteiger partial charge in [-0.3, -0.25) is 57.7 Å². The van der Waals surface area contributed by atoms with Crippen LogP contribution in [0.3, 0.4) is 0 Å². The fourth-order valence-corrected chi connectivity index (χ4v) is 8.18. The number of nitrogens with two attached hydrogens (primary N) is 5. The maximum atomic E-state index is 14.4. The van der Waals surface area contributed by atoms with Crippen molar-refractivity contribution < 1.29 is 72.9 Å². The fourth-order valence-electron chi connectivity index (χ4n) is 8.18. The molecule has 0 spiro atoms. The molecule has 1 aromatic rings. The summed E-state index contributed by atoms with van der Waals surface area (Å²) in [6.07, 6.45) is -2.19. The molecule has 0 heterocycles. The Morgan fingerprint density at radius 2 is 1.04 bits per heavy atom. The predicted molar refractivity (Wildman–Crippen MR) is 303 cm³/mol. The Balaban J connectivity index is 3.53. The molecule has 30 nitrogen and oxygen atoms in total. The molecular formula is C53H89N15O15. The van der Waals surface area contributed by atoms with E-state index in [0.717, 1.165) is 6.92 Å². The third kappa shape index (κ3) is 29.0. The first kappa shape index (κ1) is 73.0. The number of aliphatic imine (C=N–C) groups is 1. The molecule has 1 aromatic carbocycles. The van der Waals surface area contributed by atoms with Crippen LogP contribution in [0, 0.1) is 17.8 Å². The lowest BCUT2D eigenvalue weighted by atomic mass is 9.97. The zero-order valence-electron chi connectivity index (χ0n) is 48.4. The van der Waals surface area contributed by atoms with Crippen LogP contribution in [0.5, 0.6) is 0 Å². The molecule has 0 unspecified atom stereocenters. The van der Waals surface area contributed by atoms with E-state index in [2.05, 4.69) is 52.8 Å². The number of primary amides is 1. The van der Waals surface area contributed by atoms with Gasteiger partial charge < -0.3 is 91.8 Å². The molecule has 0 saturated carbocycles. The van der Waals surface area contributed by atoms with Crippen molar-refractivity contribution in [1.82, 2.24) is 47.9 Å². The van der Waals surface area contributed by atoms with E-state index >= 15 is 0 Å². The quantitative estimate of drug-likeness (QED) is 0.0168. The van der Waals surface area contributed by atoms with Gasteiger partial charge in [0.15, 0.2) is 5.96 Å². The Kier molecular flexibility index (Phi) is 33.4. The number of rotatable bonds is 40. The highest BCUT2D eigenvalue weighted by Gasteiger charge is 2.37. The van der Waals surface area contributed by atoms with E-state index in [4.69, 9.17) is 33.8 Å². The standard InChI is InChI=1S/C53H89N15O15/c1-8-29(6)42(52(82)83)67-49(79)35(21-27(2)3)64-46(76)34(17-12-13-19-54)61-40(71)26-60-45(75)33(18-14-20-59-53(57)58)62-47(77)37(23-31-15-10-9-11-16-31)66-51(81)43(30(7)69)68-50(80)36(22-28(4)5)65-48(78)38(25-39(56)70)63-44(74)32(55)24-41(72)73/h9-11,15-16,27-30,32-38,42-43,69H,8,12-14,17-26,54-55H2,1-7H3,(H2,56,70)(H,60,75)(H,61,71)(H,62,77)(H,63,74)(H,64,76)(H,65,78)(H,66,81)(H,67,79)(H,68,80)(H,72,73)(H,82,83)(H4,57,58,59)/t29-,30+,32-,33-,34-,35-,36-,37-,38-,42-,43-/m0/s1. The van der Waals surface area contributed by atoms with Gasteiger partial charge in [-0.2, -0.15) is 0 Å². The van der Waals surface area contributed by atoms with Crippen molar-refractivity contribution in [3.8, 4) is 0 Å². The molecule has 30 heteroatoms. The number of hydrogen-bond acceptors (Lipinski definition) is 16. The molecule has 0 aromatic heterocycles. The van der Waals surface area contributed by atoms with Crippen LogP contribution in [0.2, 0.25) is 0 Å². The zero-order chi connectivity index (χ0) is 63.1.